The van der Waals surface area contributed by atoms with Crippen LogP contribution < -0.4 is 16.8 Å². The first-order valence-electron chi connectivity index (χ1n) is 5.57. The van der Waals surface area contributed by atoms with E-state index in [1.54, 1.807) is 0 Å². The molecule has 6 N–H and O–H groups in total. The zero-order valence-corrected chi connectivity index (χ0v) is 9.94. The summed E-state index contributed by atoms with van der Waals surface area (Å²) >= 11 is 0. The molecule has 1 aliphatic heterocycles. The molecule has 2 unspecified atom stereocenters. The number of aliphatic hydroxyl groups is 1. The number of hydrogen-bond acceptors (Lipinski definition) is 5. The first kappa shape index (κ1) is 13.4. The molecule has 1 fully saturated rings. The van der Waals surface area contributed by atoms with Crippen molar-refractivity contribution in [2.45, 2.75) is 37.6 Å². The molecular formula is C10H22N4O2. The average molecular weight is 230 g/mol. The SMILES string of the molecule is CC(O)C(N)C(=O)NC1(N)CCN(C)CC1. The van der Waals surface area contributed by atoms with Crippen LogP contribution in [0.3, 0.4) is 0 Å². The molecular weight excluding hydrogens is 208 g/mol. The smallest absolute Gasteiger partial charge is 0.241 e. The molecule has 1 heterocycles. The van der Waals surface area contributed by atoms with E-state index in [0.29, 0.717) is 12.8 Å². The minimum absolute atomic E-state index is 0.387. The van der Waals surface area contributed by atoms with Crippen LogP contribution in [0.25, 0.3) is 0 Å². The van der Waals surface area contributed by atoms with Gasteiger partial charge in [-0.25, -0.2) is 0 Å². The molecule has 16 heavy (non-hydrogen) atoms. The quantitative estimate of drug-likeness (QED) is 0.428. The lowest BCUT2D eigenvalue weighted by molar-refractivity contribution is -0.127. The van der Waals surface area contributed by atoms with Crippen LogP contribution in [0.15, 0.2) is 0 Å². The van der Waals surface area contributed by atoms with E-state index in [4.69, 9.17) is 11.5 Å². The Hall–Kier alpha value is -0.690. The highest BCUT2D eigenvalue weighted by molar-refractivity contribution is 5.82. The number of rotatable bonds is 3. The third kappa shape index (κ3) is 3.41. The predicted molar refractivity (Wildman–Crippen MR) is 61.4 cm³/mol. The molecule has 1 saturated heterocycles. The van der Waals surface area contributed by atoms with Gasteiger partial charge in [-0.15, -0.1) is 0 Å². The van der Waals surface area contributed by atoms with E-state index in [1.807, 2.05) is 7.05 Å². The Balaban J connectivity index is 2.50. The maximum absolute atomic E-state index is 11.6. The Bertz CT molecular complexity index is 249. The molecule has 2 atom stereocenters. The van der Waals surface area contributed by atoms with E-state index < -0.39 is 17.8 Å². The van der Waals surface area contributed by atoms with E-state index in [2.05, 4.69) is 10.2 Å². The van der Waals surface area contributed by atoms with Gasteiger partial charge in [0.15, 0.2) is 0 Å². The largest absolute Gasteiger partial charge is 0.391 e. The summed E-state index contributed by atoms with van der Waals surface area (Å²) in [4.78, 5) is 13.8. The van der Waals surface area contributed by atoms with Gasteiger partial charge in [-0.2, -0.15) is 0 Å². The molecule has 0 spiro atoms. The van der Waals surface area contributed by atoms with Crippen LogP contribution in [0.5, 0.6) is 0 Å². The predicted octanol–water partition coefficient (Wildman–Crippen LogP) is -1.81. The minimum atomic E-state index is -0.917. The van der Waals surface area contributed by atoms with Gasteiger partial charge in [0.1, 0.15) is 6.04 Å². The molecule has 94 valence electrons. The molecule has 1 aliphatic rings. The fourth-order valence-electron chi connectivity index (χ4n) is 1.69. The molecule has 6 heteroatoms. The Labute approximate surface area is 96.0 Å². The lowest BCUT2D eigenvalue weighted by Crippen LogP contribution is -2.64. The standard InChI is InChI=1S/C10H22N4O2/c1-7(15)8(11)9(16)13-10(12)3-5-14(2)6-4-10/h7-8,15H,3-6,11-12H2,1-2H3,(H,13,16). The van der Waals surface area contributed by atoms with Crippen LogP contribution in [-0.2, 0) is 4.79 Å². The molecule has 0 radical (unpaired) electrons. The van der Waals surface area contributed by atoms with Crippen molar-refractivity contribution < 1.29 is 9.90 Å². The number of likely N-dealkylation sites (tertiary alicyclic amines) is 1. The van der Waals surface area contributed by atoms with E-state index in [9.17, 15) is 9.90 Å². The highest BCUT2D eigenvalue weighted by Crippen LogP contribution is 2.15. The molecule has 1 rings (SSSR count). The van der Waals surface area contributed by atoms with Gasteiger partial charge in [-0.1, -0.05) is 0 Å². The molecule has 0 aromatic rings. The van der Waals surface area contributed by atoms with Crippen LogP contribution in [0.4, 0.5) is 0 Å². The second-order valence-electron chi connectivity index (χ2n) is 4.72. The highest BCUT2D eigenvalue weighted by atomic mass is 16.3. The lowest BCUT2D eigenvalue weighted by atomic mass is 9.97. The van der Waals surface area contributed by atoms with Crippen molar-refractivity contribution in [1.82, 2.24) is 10.2 Å². The maximum Gasteiger partial charge on any atom is 0.241 e. The topological polar surface area (TPSA) is 105 Å². The average Bonchev–Trinajstić information content (AvgIpc) is 2.21. The van der Waals surface area contributed by atoms with E-state index in [0.717, 1.165) is 13.1 Å². The summed E-state index contributed by atoms with van der Waals surface area (Å²) in [5.41, 5.74) is 10.9. The Morgan fingerprint density at radius 2 is 2.00 bits per heavy atom. The lowest BCUT2D eigenvalue weighted by Gasteiger charge is -2.38. The van der Waals surface area contributed by atoms with E-state index >= 15 is 0 Å². The van der Waals surface area contributed by atoms with Crippen molar-refractivity contribution in [3.63, 3.8) is 0 Å². The van der Waals surface area contributed by atoms with E-state index in [1.165, 1.54) is 6.92 Å². The third-order valence-corrected chi connectivity index (χ3v) is 3.07. The van der Waals surface area contributed by atoms with Gasteiger partial charge in [0.25, 0.3) is 0 Å². The number of carbonyl (C=O) groups is 1. The van der Waals surface area contributed by atoms with Crippen LogP contribution in [0.2, 0.25) is 0 Å². The van der Waals surface area contributed by atoms with Crippen molar-refractivity contribution in [3.8, 4) is 0 Å². The van der Waals surface area contributed by atoms with Crippen molar-refractivity contribution in [1.29, 1.82) is 0 Å². The molecule has 0 saturated carbocycles. The second kappa shape index (κ2) is 5.09. The first-order valence-corrected chi connectivity index (χ1v) is 5.57. The Kier molecular flexibility index (Phi) is 4.26. The minimum Gasteiger partial charge on any atom is -0.391 e. The normalized spacial score (nSPS) is 24.8. The Morgan fingerprint density at radius 1 is 1.50 bits per heavy atom. The molecule has 0 aliphatic carbocycles. The third-order valence-electron chi connectivity index (χ3n) is 3.07. The number of hydrogen-bond donors (Lipinski definition) is 4. The van der Waals surface area contributed by atoms with Crippen LogP contribution in [-0.4, -0.2) is 53.9 Å². The zero-order chi connectivity index (χ0) is 12.3. The molecule has 6 nitrogen and oxygen atoms in total. The number of carbonyl (C=O) groups excluding carboxylic acids is 1. The fraction of sp³-hybridized carbons (Fsp3) is 0.900. The summed E-state index contributed by atoms with van der Waals surface area (Å²) in [6.07, 6.45) is 0.527. The molecule has 0 bridgehead atoms. The van der Waals surface area contributed by atoms with Gasteiger partial charge >= 0.3 is 0 Å². The van der Waals surface area contributed by atoms with Crippen LogP contribution in [0.1, 0.15) is 19.8 Å². The number of nitrogens with one attached hydrogen (secondary N) is 1. The van der Waals surface area contributed by atoms with Crippen LogP contribution in [0, 0.1) is 0 Å². The Morgan fingerprint density at radius 3 is 2.44 bits per heavy atom. The fourth-order valence-corrected chi connectivity index (χ4v) is 1.69. The summed E-state index contributed by atoms with van der Waals surface area (Å²) in [6, 6.07) is -0.917. The monoisotopic (exact) mass is 230 g/mol. The summed E-state index contributed by atoms with van der Waals surface area (Å²) < 4.78 is 0. The van der Waals surface area contributed by atoms with E-state index in [-0.39, 0.29) is 5.91 Å². The molecule has 0 aromatic carbocycles. The van der Waals surface area contributed by atoms with Crippen molar-refractivity contribution in [2.75, 3.05) is 20.1 Å². The van der Waals surface area contributed by atoms with Gasteiger partial charge in [-0.05, 0) is 26.8 Å². The summed E-state index contributed by atoms with van der Waals surface area (Å²) in [5.74, 6) is -0.387. The number of piperidine rings is 1. The van der Waals surface area contributed by atoms with Crippen molar-refractivity contribution in [2.24, 2.45) is 11.5 Å². The number of amides is 1. The summed E-state index contributed by atoms with van der Waals surface area (Å²) in [5, 5.41) is 11.9. The summed E-state index contributed by atoms with van der Waals surface area (Å²) in [6.45, 7) is 3.18. The van der Waals surface area contributed by atoms with Gasteiger partial charge in [0.2, 0.25) is 5.91 Å². The van der Waals surface area contributed by atoms with Crippen LogP contribution >= 0.6 is 0 Å². The van der Waals surface area contributed by atoms with Gasteiger partial charge in [0.05, 0.1) is 11.8 Å². The van der Waals surface area contributed by atoms with Gasteiger partial charge < -0.3 is 26.8 Å². The van der Waals surface area contributed by atoms with Crippen molar-refractivity contribution >= 4 is 5.91 Å². The van der Waals surface area contributed by atoms with Gasteiger partial charge in [-0.3, -0.25) is 4.79 Å². The number of nitrogens with zero attached hydrogens (tertiary/aromatic N) is 1. The second-order valence-corrected chi connectivity index (χ2v) is 4.72. The highest BCUT2D eigenvalue weighted by Gasteiger charge is 2.33. The summed E-state index contributed by atoms with van der Waals surface area (Å²) in [7, 11) is 2.02. The number of aliphatic hydroxyl groups excluding tert-OH is 1. The molecule has 0 aromatic heterocycles. The van der Waals surface area contributed by atoms with Gasteiger partial charge in [0, 0.05) is 13.1 Å². The first-order chi connectivity index (χ1) is 7.34. The maximum atomic E-state index is 11.6. The zero-order valence-electron chi connectivity index (χ0n) is 9.94. The number of nitrogens with two attached hydrogens (primary N) is 2. The van der Waals surface area contributed by atoms with Crippen molar-refractivity contribution in [3.05, 3.63) is 0 Å². The molecule has 1 amide bonds.